The van der Waals surface area contributed by atoms with E-state index in [4.69, 9.17) is 4.52 Å². The molecule has 5 nitrogen and oxygen atoms in total. The number of benzene rings is 1. The highest BCUT2D eigenvalue weighted by molar-refractivity contribution is 6.05. The number of ketones is 1. The van der Waals surface area contributed by atoms with Crippen LogP contribution in [0.2, 0.25) is 0 Å². The molecule has 1 aliphatic heterocycles. The zero-order valence-electron chi connectivity index (χ0n) is 14.4. The Labute approximate surface area is 142 Å². The van der Waals surface area contributed by atoms with Crippen molar-refractivity contribution in [3.63, 3.8) is 0 Å². The van der Waals surface area contributed by atoms with Crippen LogP contribution in [0.1, 0.15) is 42.6 Å². The van der Waals surface area contributed by atoms with Crippen LogP contribution in [0, 0.1) is 12.3 Å². The van der Waals surface area contributed by atoms with Gasteiger partial charge in [-0.25, -0.2) is 0 Å². The predicted molar refractivity (Wildman–Crippen MR) is 91.8 cm³/mol. The van der Waals surface area contributed by atoms with E-state index in [1.807, 2.05) is 31.2 Å². The Morgan fingerprint density at radius 1 is 1.33 bits per heavy atom. The largest absolute Gasteiger partial charge is 0.389 e. The average molecular weight is 328 g/mol. The Morgan fingerprint density at radius 2 is 2.04 bits per heavy atom. The first-order valence-electron chi connectivity index (χ1n) is 8.34. The highest BCUT2D eigenvalue weighted by Crippen LogP contribution is 2.42. The Kier molecular flexibility index (Phi) is 4.32. The second-order valence-corrected chi connectivity index (χ2v) is 7.19. The van der Waals surface area contributed by atoms with E-state index in [2.05, 4.69) is 10.5 Å². The maximum atomic E-state index is 13.4. The molecule has 1 aromatic carbocycles. The number of aromatic nitrogens is 1. The van der Waals surface area contributed by atoms with Crippen LogP contribution < -0.4 is 5.32 Å². The number of hydrogen-bond acceptors (Lipinski definition) is 5. The van der Waals surface area contributed by atoms with Crippen molar-refractivity contribution in [2.45, 2.75) is 39.2 Å². The Morgan fingerprint density at radius 3 is 2.62 bits per heavy atom. The lowest BCUT2D eigenvalue weighted by molar-refractivity contribution is -0.0482. The monoisotopic (exact) mass is 328 g/mol. The smallest absolute Gasteiger partial charge is 0.178 e. The van der Waals surface area contributed by atoms with E-state index in [9.17, 15) is 9.90 Å². The minimum atomic E-state index is -1.14. The van der Waals surface area contributed by atoms with E-state index in [0.29, 0.717) is 24.2 Å². The SMILES string of the molecule is Cc1ccc(-c2nocc2C(=O)[C@]2(C(C)(C)O)CCCNC2)cc1. The molecule has 0 saturated carbocycles. The van der Waals surface area contributed by atoms with Crippen molar-refractivity contribution in [1.82, 2.24) is 10.5 Å². The molecule has 2 heterocycles. The first kappa shape index (κ1) is 16.9. The van der Waals surface area contributed by atoms with Crippen molar-refractivity contribution in [3.05, 3.63) is 41.7 Å². The second-order valence-electron chi connectivity index (χ2n) is 7.19. The van der Waals surface area contributed by atoms with E-state index in [0.717, 1.165) is 24.1 Å². The minimum absolute atomic E-state index is 0.112. The number of Topliss-reactive ketones (excluding diaryl/α,β-unsaturated/α-hetero) is 1. The van der Waals surface area contributed by atoms with Gasteiger partial charge >= 0.3 is 0 Å². The van der Waals surface area contributed by atoms with Crippen LogP contribution in [0.3, 0.4) is 0 Å². The summed E-state index contributed by atoms with van der Waals surface area (Å²) in [5.74, 6) is -0.112. The van der Waals surface area contributed by atoms with Gasteiger partial charge in [-0.1, -0.05) is 35.0 Å². The van der Waals surface area contributed by atoms with E-state index in [1.54, 1.807) is 13.8 Å². The van der Waals surface area contributed by atoms with Gasteiger partial charge in [-0.05, 0) is 40.2 Å². The molecule has 5 heteroatoms. The summed E-state index contributed by atoms with van der Waals surface area (Å²) < 4.78 is 5.13. The van der Waals surface area contributed by atoms with Gasteiger partial charge in [-0.3, -0.25) is 4.79 Å². The summed E-state index contributed by atoms with van der Waals surface area (Å²) in [5.41, 5.74) is 0.932. The normalized spacial score (nSPS) is 21.7. The van der Waals surface area contributed by atoms with Gasteiger partial charge in [0.15, 0.2) is 5.78 Å². The predicted octanol–water partition coefficient (Wildman–Crippen LogP) is 2.97. The fourth-order valence-corrected chi connectivity index (χ4v) is 3.47. The third-order valence-electron chi connectivity index (χ3n) is 5.13. The number of hydrogen-bond donors (Lipinski definition) is 2. The standard InChI is InChI=1S/C19H24N2O3/c1-13-5-7-14(8-6-13)16-15(11-24-21-16)17(22)19(18(2,3)23)9-4-10-20-12-19/h5-8,11,20,23H,4,9-10,12H2,1-3H3/t19-/m0/s1. The van der Waals surface area contributed by atoms with Gasteiger partial charge in [0.2, 0.25) is 0 Å². The highest BCUT2D eigenvalue weighted by Gasteiger charge is 2.51. The number of rotatable bonds is 4. The lowest BCUT2D eigenvalue weighted by Crippen LogP contribution is -2.57. The van der Waals surface area contributed by atoms with Gasteiger partial charge in [0, 0.05) is 12.1 Å². The number of nitrogens with one attached hydrogen (secondary N) is 1. The zero-order valence-corrected chi connectivity index (χ0v) is 14.4. The lowest BCUT2D eigenvalue weighted by atomic mass is 9.64. The molecule has 24 heavy (non-hydrogen) atoms. The molecule has 0 amide bonds. The van der Waals surface area contributed by atoms with Crippen LogP contribution >= 0.6 is 0 Å². The lowest BCUT2D eigenvalue weighted by Gasteiger charge is -2.44. The van der Waals surface area contributed by atoms with Gasteiger partial charge in [0.25, 0.3) is 0 Å². The average Bonchev–Trinajstić information content (AvgIpc) is 3.04. The molecule has 3 rings (SSSR count). The van der Waals surface area contributed by atoms with E-state index < -0.39 is 11.0 Å². The highest BCUT2D eigenvalue weighted by atomic mass is 16.5. The van der Waals surface area contributed by atoms with Gasteiger partial charge in [-0.15, -0.1) is 0 Å². The maximum Gasteiger partial charge on any atom is 0.178 e. The molecule has 1 aliphatic rings. The molecule has 0 bridgehead atoms. The zero-order chi connectivity index (χ0) is 17.4. The first-order chi connectivity index (χ1) is 11.3. The molecule has 0 aliphatic carbocycles. The third kappa shape index (κ3) is 2.78. The molecular formula is C19H24N2O3. The molecule has 1 aromatic heterocycles. The van der Waals surface area contributed by atoms with Crippen LogP contribution in [-0.2, 0) is 0 Å². The van der Waals surface area contributed by atoms with Crippen LogP contribution in [0.15, 0.2) is 35.1 Å². The number of carbonyl (C=O) groups is 1. The summed E-state index contributed by atoms with van der Waals surface area (Å²) in [6, 6.07) is 7.82. The summed E-state index contributed by atoms with van der Waals surface area (Å²) >= 11 is 0. The fraction of sp³-hybridized carbons (Fsp3) is 0.474. The molecule has 2 aromatic rings. The van der Waals surface area contributed by atoms with Crippen molar-refractivity contribution in [2.75, 3.05) is 13.1 Å². The molecule has 0 spiro atoms. The summed E-state index contributed by atoms with van der Waals surface area (Å²) in [6.07, 6.45) is 2.89. The van der Waals surface area contributed by atoms with Crippen molar-refractivity contribution in [2.24, 2.45) is 5.41 Å². The van der Waals surface area contributed by atoms with Crippen LogP contribution in [0.4, 0.5) is 0 Å². The third-order valence-corrected chi connectivity index (χ3v) is 5.13. The molecule has 0 unspecified atom stereocenters. The van der Waals surface area contributed by atoms with Gasteiger partial charge in [0.05, 0.1) is 16.6 Å². The molecule has 2 N–H and O–H groups in total. The Hall–Kier alpha value is -1.98. The van der Waals surface area contributed by atoms with Gasteiger partial charge in [0.1, 0.15) is 12.0 Å². The van der Waals surface area contributed by atoms with Crippen molar-refractivity contribution in [3.8, 4) is 11.3 Å². The number of piperidine rings is 1. The minimum Gasteiger partial charge on any atom is -0.389 e. The summed E-state index contributed by atoms with van der Waals surface area (Å²) in [7, 11) is 0. The summed E-state index contributed by atoms with van der Waals surface area (Å²) in [5, 5.41) is 18.1. The molecule has 1 atom stereocenters. The van der Waals surface area contributed by atoms with E-state index >= 15 is 0 Å². The molecule has 0 radical (unpaired) electrons. The second kappa shape index (κ2) is 6.15. The van der Waals surface area contributed by atoms with Crippen molar-refractivity contribution < 1.29 is 14.4 Å². The van der Waals surface area contributed by atoms with Crippen LogP contribution in [0.5, 0.6) is 0 Å². The van der Waals surface area contributed by atoms with Crippen LogP contribution in [0.25, 0.3) is 11.3 Å². The quantitative estimate of drug-likeness (QED) is 0.844. The maximum absolute atomic E-state index is 13.4. The van der Waals surface area contributed by atoms with Gasteiger partial charge < -0.3 is 14.9 Å². The molecule has 1 saturated heterocycles. The Balaban J connectivity index is 2.04. The van der Waals surface area contributed by atoms with Crippen molar-refractivity contribution >= 4 is 5.78 Å². The van der Waals surface area contributed by atoms with E-state index in [-0.39, 0.29) is 5.78 Å². The molecule has 128 valence electrons. The Bertz CT molecular complexity index is 720. The first-order valence-corrected chi connectivity index (χ1v) is 8.34. The number of nitrogens with zero attached hydrogens (tertiary/aromatic N) is 1. The fourth-order valence-electron chi connectivity index (χ4n) is 3.47. The number of aryl methyl sites for hydroxylation is 1. The summed E-state index contributed by atoms with van der Waals surface area (Å²) in [6.45, 7) is 6.73. The van der Waals surface area contributed by atoms with Gasteiger partial charge in [-0.2, -0.15) is 0 Å². The number of carbonyl (C=O) groups excluding carboxylic acids is 1. The number of aliphatic hydroxyl groups is 1. The van der Waals surface area contributed by atoms with Crippen LogP contribution in [-0.4, -0.2) is 34.7 Å². The van der Waals surface area contributed by atoms with Crippen molar-refractivity contribution in [1.29, 1.82) is 0 Å². The molecule has 1 fully saturated rings. The summed E-state index contributed by atoms with van der Waals surface area (Å²) in [4.78, 5) is 13.4. The topological polar surface area (TPSA) is 75.4 Å². The van der Waals surface area contributed by atoms with E-state index in [1.165, 1.54) is 6.26 Å². The molecular weight excluding hydrogens is 304 g/mol.